The van der Waals surface area contributed by atoms with Crippen LogP contribution in [0.2, 0.25) is 0 Å². The number of Topliss-reactive ketones (excluding diaryl/α,β-unsaturated/α-hetero) is 4. The Morgan fingerprint density at radius 2 is 0.941 bits per heavy atom. The molecule has 5 rings (SSSR count). The molecule has 2 heterocycles. The van der Waals surface area contributed by atoms with Crippen LogP contribution < -0.4 is 0 Å². The van der Waals surface area contributed by atoms with Crippen molar-refractivity contribution in [2.45, 2.75) is 65.2 Å². The number of benzene rings is 1. The number of phenols is 2. The summed E-state index contributed by atoms with van der Waals surface area (Å²) in [5, 5.41) is 22.4. The molecule has 2 saturated carbocycles. The van der Waals surface area contributed by atoms with Crippen molar-refractivity contribution in [2.75, 3.05) is 0 Å². The van der Waals surface area contributed by atoms with Crippen LogP contribution in [-0.2, 0) is 19.2 Å². The van der Waals surface area contributed by atoms with Crippen molar-refractivity contribution in [1.29, 1.82) is 0 Å². The van der Waals surface area contributed by atoms with Gasteiger partial charge in [0.25, 0.3) is 0 Å². The van der Waals surface area contributed by atoms with E-state index in [0.29, 0.717) is 0 Å². The van der Waals surface area contributed by atoms with Gasteiger partial charge in [0.1, 0.15) is 42.3 Å². The average Bonchev–Trinajstić information content (AvgIpc) is 3.28. The van der Waals surface area contributed by atoms with Crippen LogP contribution in [0.25, 0.3) is 20.4 Å². The Balaban J connectivity index is 1.59. The number of rotatable bonds is 2. The molecule has 2 aliphatic rings. The summed E-state index contributed by atoms with van der Waals surface area (Å²) in [5.74, 6) is -3.41. The molecule has 0 aliphatic heterocycles. The fourth-order valence-corrected chi connectivity index (χ4v) is 7.43. The maximum absolute atomic E-state index is 12.7. The molecule has 1 aromatic carbocycles. The van der Waals surface area contributed by atoms with E-state index in [2.05, 4.69) is 9.97 Å². The van der Waals surface area contributed by atoms with E-state index in [4.69, 9.17) is 0 Å². The van der Waals surface area contributed by atoms with Crippen molar-refractivity contribution in [2.24, 2.45) is 10.8 Å². The molecular weight excluding hydrogens is 476 g/mol. The Morgan fingerprint density at radius 1 is 0.647 bits per heavy atom. The molecule has 8 nitrogen and oxygen atoms in total. The van der Waals surface area contributed by atoms with Crippen LogP contribution in [0.1, 0.15) is 75.2 Å². The highest BCUT2D eigenvalue weighted by Crippen LogP contribution is 2.50. The summed E-state index contributed by atoms with van der Waals surface area (Å²) < 4.78 is 0.425. The van der Waals surface area contributed by atoms with Gasteiger partial charge in [0, 0.05) is 25.7 Å². The highest BCUT2D eigenvalue weighted by Gasteiger charge is 2.44. The third kappa shape index (κ3) is 3.54. The van der Waals surface area contributed by atoms with Gasteiger partial charge in [-0.15, -0.1) is 22.7 Å². The smallest absolute Gasteiger partial charge is 0.162 e. The third-order valence-corrected chi connectivity index (χ3v) is 8.81. The van der Waals surface area contributed by atoms with Gasteiger partial charge in [-0.25, -0.2) is 9.97 Å². The van der Waals surface area contributed by atoms with Crippen LogP contribution in [0.5, 0.6) is 11.5 Å². The fraction of sp³-hybridized carbons (Fsp3) is 0.500. The van der Waals surface area contributed by atoms with E-state index in [0.717, 1.165) is 22.7 Å². The van der Waals surface area contributed by atoms with Gasteiger partial charge in [-0.05, 0) is 10.8 Å². The molecule has 0 bridgehead atoms. The monoisotopic (exact) mass is 500 g/mol. The lowest BCUT2D eigenvalue weighted by atomic mass is 9.72. The number of hydrogen-bond donors (Lipinski definition) is 2. The zero-order valence-electron chi connectivity index (χ0n) is 19.2. The molecule has 178 valence electrons. The van der Waals surface area contributed by atoms with Crippen LogP contribution in [-0.4, -0.2) is 43.3 Å². The first-order valence-electron chi connectivity index (χ1n) is 11.0. The molecule has 2 aromatic heterocycles. The van der Waals surface area contributed by atoms with Crippen LogP contribution in [0.4, 0.5) is 0 Å². The molecule has 0 radical (unpaired) electrons. The Labute approximate surface area is 203 Å². The molecule has 0 amide bonds. The third-order valence-electron chi connectivity index (χ3n) is 6.56. The van der Waals surface area contributed by atoms with E-state index in [1.807, 2.05) is 27.7 Å². The van der Waals surface area contributed by atoms with Gasteiger partial charge in [-0.3, -0.25) is 19.2 Å². The maximum Gasteiger partial charge on any atom is 0.162 e. The summed E-state index contributed by atoms with van der Waals surface area (Å²) in [7, 11) is 0. The highest BCUT2D eigenvalue weighted by atomic mass is 32.1. The maximum atomic E-state index is 12.7. The van der Waals surface area contributed by atoms with Gasteiger partial charge in [-0.2, -0.15) is 0 Å². The van der Waals surface area contributed by atoms with E-state index in [-0.39, 0.29) is 90.8 Å². The van der Waals surface area contributed by atoms with Crippen molar-refractivity contribution in [3.63, 3.8) is 0 Å². The molecule has 0 unspecified atom stereocenters. The normalized spacial score (nSPS) is 21.8. The van der Waals surface area contributed by atoms with Crippen molar-refractivity contribution in [3.8, 4) is 11.5 Å². The molecule has 2 N–H and O–H groups in total. The van der Waals surface area contributed by atoms with Crippen molar-refractivity contribution >= 4 is 66.2 Å². The first-order chi connectivity index (χ1) is 15.8. The minimum absolute atomic E-state index is 0.0769. The summed E-state index contributed by atoms with van der Waals surface area (Å²) >= 11 is 1.96. The molecule has 2 aliphatic carbocycles. The predicted molar refractivity (Wildman–Crippen MR) is 128 cm³/mol. The highest BCUT2D eigenvalue weighted by molar-refractivity contribution is 7.21. The number of carbonyl (C=O) groups is 4. The van der Waals surface area contributed by atoms with E-state index < -0.39 is 22.7 Å². The van der Waals surface area contributed by atoms with Crippen molar-refractivity contribution < 1.29 is 29.4 Å². The minimum atomic E-state index is -1.01. The topological polar surface area (TPSA) is 135 Å². The molecule has 3 aromatic rings. The number of carbonyl (C=O) groups excluding carboxylic acids is 4. The second kappa shape index (κ2) is 7.39. The molecule has 10 heteroatoms. The summed E-state index contributed by atoms with van der Waals surface area (Å²) in [5.41, 5.74) is -0.656. The SMILES string of the molecule is CC1(C)CC(=O)C(c2nc3c(O)c4sc(C5C(=O)CC(C)(C)CC5=O)nc4c(O)c3s2)C(=O)C1. The molecule has 0 spiro atoms. The van der Waals surface area contributed by atoms with Crippen LogP contribution in [0.15, 0.2) is 0 Å². The van der Waals surface area contributed by atoms with E-state index >= 15 is 0 Å². The lowest BCUT2D eigenvalue weighted by Crippen LogP contribution is -2.35. The second-order valence-corrected chi connectivity index (χ2v) is 13.0. The summed E-state index contributed by atoms with van der Waals surface area (Å²) in [6, 6.07) is 0. The molecular formula is C24H24N2O6S2. The lowest BCUT2D eigenvalue weighted by Gasteiger charge is -2.31. The Bertz CT molecular complexity index is 1230. The Morgan fingerprint density at radius 3 is 1.24 bits per heavy atom. The van der Waals surface area contributed by atoms with Crippen molar-refractivity contribution in [3.05, 3.63) is 10.0 Å². The number of phenolic OH excluding ortho intramolecular Hbond substituents is 2. The Kier molecular flexibility index (Phi) is 5.01. The molecule has 0 saturated heterocycles. The van der Waals surface area contributed by atoms with Crippen molar-refractivity contribution in [1.82, 2.24) is 9.97 Å². The minimum Gasteiger partial charge on any atom is -0.504 e. The van der Waals surface area contributed by atoms with Gasteiger partial charge in [0.05, 0.1) is 0 Å². The van der Waals surface area contributed by atoms with E-state index in [9.17, 15) is 29.4 Å². The zero-order chi connectivity index (χ0) is 24.7. The lowest BCUT2D eigenvalue weighted by molar-refractivity contribution is -0.137. The number of aromatic hydroxyl groups is 2. The summed E-state index contributed by atoms with van der Waals surface area (Å²) in [6.07, 6.45) is 0.990. The van der Waals surface area contributed by atoms with Gasteiger partial charge >= 0.3 is 0 Å². The number of aromatic nitrogens is 2. The van der Waals surface area contributed by atoms with E-state index in [1.54, 1.807) is 0 Å². The van der Waals surface area contributed by atoms with Gasteiger partial charge in [0.2, 0.25) is 0 Å². The number of thiazole rings is 2. The predicted octanol–water partition coefficient (Wildman–Crippen LogP) is 4.40. The summed E-state index contributed by atoms with van der Waals surface area (Å²) in [6.45, 7) is 7.48. The molecule has 34 heavy (non-hydrogen) atoms. The number of fused-ring (bicyclic) bond motifs is 2. The first kappa shape index (κ1) is 23.0. The molecule has 2 fully saturated rings. The largest absolute Gasteiger partial charge is 0.504 e. The van der Waals surface area contributed by atoms with Gasteiger partial charge < -0.3 is 10.2 Å². The number of hydrogen-bond acceptors (Lipinski definition) is 10. The van der Waals surface area contributed by atoms with Crippen LogP contribution in [0.3, 0.4) is 0 Å². The molecule has 0 atom stereocenters. The first-order valence-corrected chi connectivity index (χ1v) is 12.7. The average molecular weight is 501 g/mol. The van der Waals surface area contributed by atoms with Gasteiger partial charge in [-0.1, -0.05) is 27.7 Å². The standard InChI is InChI=1S/C24H24N2O6S2/c1-23(2)5-9(27)13(10(28)6-23)21-25-15-17(31)20-16(18(32)19(15)33-21)26-22(34-20)14-11(29)7-24(3,4)8-12(14)30/h13-14,31-32H,5-8H2,1-4H3. The quantitative estimate of drug-likeness (QED) is 0.390. The number of ketones is 4. The summed E-state index contributed by atoms with van der Waals surface area (Å²) in [4.78, 5) is 59.7. The van der Waals surface area contributed by atoms with Crippen LogP contribution in [0, 0.1) is 10.8 Å². The van der Waals surface area contributed by atoms with Gasteiger partial charge in [0.15, 0.2) is 34.6 Å². The Hall–Kier alpha value is -2.72. The zero-order valence-corrected chi connectivity index (χ0v) is 20.9. The number of nitrogens with zero attached hydrogens (tertiary/aromatic N) is 2. The van der Waals surface area contributed by atoms with Crippen LogP contribution >= 0.6 is 22.7 Å². The second-order valence-electron chi connectivity index (χ2n) is 10.9. The fourth-order valence-electron chi connectivity index (χ4n) is 5.11. The van der Waals surface area contributed by atoms with E-state index in [1.165, 1.54) is 0 Å².